The maximum Gasteiger partial charge on any atom is 0.287 e. The fourth-order valence-corrected chi connectivity index (χ4v) is 4.90. The van der Waals surface area contributed by atoms with Gasteiger partial charge in [0.25, 0.3) is 11.6 Å². The molecule has 1 amide bonds. The molecular weight excluding hydrogens is 440 g/mol. The zero-order chi connectivity index (χ0) is 24.3. The number of nitro groups is 1. The van der Waals surface area contributed by atoms with Crippen molar-refractivity contribution in [3.05, 3.63) is 40.3 Å². The standard InChI is InChI=1S/C24H36N4O6/c1-2-33-24-19(9-6-14-29)20(17-7-4-3-5-8-17)15-21(34-24)23(30)26-13-12-25-22-11-10-18(16-27-22)28(31)32/h10-11,15-17,19-20,24,29H,2-9,12-14H2,1H3,(H,25,27)(H,26,30)/t19-,20+,24+/m1/s1. The molecule has 10 heteroatoms. The Morgan fingerprint density at radius 1 is 1.29 bits per heavy atom. The summed E-state index contributed by atoms with van der Waals surface area (Å²) in [6.45, 7) is 3.26. The number of amides is 1. The van der Waals surface area contributed by atoms with E-state index in [9.17, 15) is 20.0 Å². The van der Waals surface area contributed by atoms with Crippen molar-refractivity contribution in [3.8, 4) is 0 Å². The Bertz CT molecular complexity index is 825. The number of aliphatic hydroxyl groups is 1. The molecule has 1 aliphatic heterocycles. The maximum atomic E-state index is 12.9. The maximum absolute atomic E-state index is 12.9. The van der Waals surface area contributed by atoms with Gasteiger partial charge in [-0.3, -0.25) is 14.9 Å². The minimum absolute atomic E-state index is 0.0751. The van der Waals surface area contributed by atoms with Gasteiger partial charge >= 0.3 is 0 Å². The molecular formula is C24H36N4O6. The lowest BCUT2D eigenvalue weighted by Crippen LogP contribution is -2.42. The van der Waals surface area contributed by atoms with E-state index in [0.29, 0.717) is 43.6 Å². The van der Waals surface area contributed by atoms with E-state index in [0.717, 1.165) is 19.3 Å². The van der Waals surface area contributed by atoms with E-state index in [4.69, 9.17) is 9.47 Å². The molecule has 0 bridgehead atoms. The van der Waals surface area contributed by atoms with E-state index < -0.39 is 11.2 Å². The molecule has 188 valence electrons. The molecule has 1 saturated carbocycles. The third kappa shape index (κ3) is 7.14. The third-order valence-electron chi connectivity index (χ3n) is 6.55. The second-order valence-corrected chi connectivity index (χ2v) is 8.82. The number of hydrogen-bond acceptors (Lipinski definition) is 8. The number of nitrogens with one attached hydrogen (secondary N) is 2. The molecule has 0 radical (unpaired) electrons. The summed E-state index contributed by atoms with van der Waals surface area (Å²) in [4.78, 5) is 27.1. The average Bonchev–Trinajstić information content (AvgIpc) is 2.86. The van der Waals surface area contributed by atoms with E-state index in [1.807, 2.05) is 13.0 Å². The predicted molar refractivity (Wildman–Crippen MR) is 127 cm³/mol. The summed E-state index contributed by atoms with van der Waals surface area (Å²) in [6.07, 6.45) is 10.1. The van der Waals surface area contributed by atoms with Crippen LogP contribution in [0.3, 0.4) is 0 Å². The largest absolute Gasteiger partial charge is 0.459 e. The first kappa shape index (κ1) is 25.9. The molecule has 1 fully saturated rings. The zero-order valence-corrected chi connectivity index (χ0v) is 19.8. The Morgan fingerprint density at radius 2 is 2.09 bits per heavy atom. The lowest BCUT2D eigenvalue weighted by atomic mass is 9.71. The van der Waals surface area contributed by atoms with Crippen molar-refractivity contribution in [2.24, 2.45) is 17.8 Å². The van der Waals surface area contributed by atoms with Gasteiger partial charge < -0.3 is 25.2 Å². The third-order valence-corrected chi connectivity index (χ3v) is 6.55. The van der Waals surface area contributed by atoms with E-state index in [-0.39, 0.29) is 30.0 Å². The van der Waals surface area contributed by atoms with Crippen LogP contribution in [0.2, 0.25) is 0 Å². The van der Waals surface area contributed by atoms with Crippen LogP contribution in [0, 0.1) is 27.9 Å². The molecule has 1 aliphatic carbocycles. The predicted octanol–water partition coefficient (Wildman–Crippen LogP) is 3.38. The van der Waals surface area contributed by atoms with Crippen LogP contribution in [-0.4, -0.2) is 53.5 Å². The summed E-state index contributed by atoms with van der Waals surface area (Å²) < 4.78 is 11.9. The van der Waals surface area contributed by atoms with Crippen LogP contribution >= 0.6 is 0 Å². The summed E-state index contributed by atoms with van der Waals surface area (Å²) >= 11 is 0. The Labute approximate surface area is 200 Å². The molecule has 3 atom stereocenters. The van der Waals surface area contributed by atoms with Crippen LogP contribution in [0.25, 0.3) is 0 Å². The number of carbonyl (C=O) groups is 1. The zero-order valence-electron chi connectivity index (χ0n) is 19.8. The van der Waals surface area contributed by atoms with Crippen LogP contribution in [0.15, 0.2) is 30.2 Å². The van der Waals surface area contributed by atoms with Gasteiger partial charge in [0, 0.05) is 38.3 Å². The minimum Gasteiger partial charge on any atom is -0.459 e. The van der Waals surface area contributed by atoms with E-state index in [1.54, 1.807) is 0 Å². The highest BCUT2D eigenvalue weighted by Crippen LogP contribution is 2.42. The first-order valence-corrected chi connectivity index (χ1v) is 12.3. The molecule has 0 unspecified atom stereocenters. The van der Waals surface area contributed by atoms with Crippen molar-refractivity contribution >= 4 is 17.4 Å². The van der Waals surface area contributed by atoms with Crippen LogP contribution in [0.1, 0.15) is 51.9 Å². The van der Waals surface area contributed by atoms with Crippen molar-refractivity contribution in [2.45, 2.75) is 58.2 Å². The normalized spacial score (nSPS) is 23.0. The smallest absolute Gasteiger partial charge is 0.287 e. The van der Waals surface area contributed by atoms with Crippen LogP contribution in [0.4, 0.5) is 11.5 Å². The molecule has 1 aromatic heterocycles. The van der Waals surface area contributed by atoms with Crippen LogP contribution in [0.5, 0.6) is 0 Å². The molecule has 34 heavy (non-hydrogen) atoms. The highest BCUT2D eigenvalue weighted by atomic mass is 16.7. The molecule has 0 saturated heterocycles. The fourth-order valence-electron chi connectivity index (χ4n) is 4.90. The lowest BCUT2D eigenvalue weighted by Gasteiger charge is -2.41. The Kier molecular flexibility index (Phi) is 10.1. The number of hydrogen-bond donors (Lipinski definition) is 3. The van der Waals surface area contributed by atoms with Crippen molar-refractivity contribution in [1.29, 1.82) is 0 Å². The van der Waals surface area contributed by atoms with Crippen LogP contribution in [-0.2, 0) is 14.3 Å². The average molecular weight is 477 g/mol. The van der Waals surface area contributed by atoms with Gasteiger partial charge in [-0.05, 0) is 56.6 Å². The first-order chi connectivity index (χ1) is 16.5. The molecule has 1 aromatic rings. The van der Waals surface area contributed by atoms with Gasteiger partial charge in [-0.2, -0.15) is 0 Å². The number of ether oxygens (including phenoxy) is 2. The Balaban J connectivity index is 1.61. The Morgan fingerprint density at radius 3 is 2.74 bits per heavy atom. The first-order valence-electron chi connectivity index (χ1n) is 12.3. The Hall–Kier alpha value is -2.72. The number of anilines is 1. The topological polar surface area (TPSA) is 136 Å². The SMILES string of the molecule is CCO[C@H]1OC(C(=O)NCCNc2ccc([N+](=O)[O-])cn2)=C[C@@H](C2CCCCC2)[C@H]1CCCO. The lowest BCUT2D eigenvalue weighted by molar-refractivity contribution is -0.385. The van der Waals surface area contributed by atoms with Crippen LogP contribution < -0.4 is 10.6 Å². The second kappa shape index (κ2) is 13.2. The van der Waals surface area contributed by atoms with E-state index in [2.05, 4.69) is 15.6 Å². The summed E-state index contributed by atoms with van der Waals surface area (Å²) in [6, 6.07) is 2.90. The molecule has 2 heterocycles. The summed E-state index contributed by atoms with van der Waals surface area (Å²) in [5.74, 6) is 1.28. The number of carbonyl (C=O) groups excluding carboxylic acids is 1. The van der Waals surface area contributed by atoms with Gasteiger partial charge in [0.1, 0.15) is 12.0 Å². The van der Waals surface area contributed by atoms with Gasteiger partial charge in [-0.1, -0.05) is 19.3 Å². The number of allylic oxidation sites excluding steroid dienone is 1. The molecule has 2 aliphatic rings. The number of aromatic nitrogens is 1. The number of rotatable bonds is 12. The molecule has 0 aromatic carbocycles. The van der Waals surface area contributed by atoms with Crippen molar-refractivity contribution in [2.75, 3.05) is 31.6 Å². The number of pyridine rings is 1. The van der Waals surface area contributed by atoms with Crippen molar-refractivity contribution in [1.82, 2.24) is 10.3 Å². The number of aliphatic hydroxyl groups excluding tert-OH is 1. The minimum atomic E-state index is -0.503. The molecule has 3 rings (SSSR count). The summed E-state index contributed by atoms with van der Waals surface area (Å²) in [7, 11) is 0. The van der Waals surface area contributed by atoms with E-state index in [1.165, 1.54) is 37.6 Å². The highest BCUT2D eigenvalue weighted by Gasteiger charge is 2.40. The summed E-state index contributed by atoms with van der Waals surface area (Å²) in [5.41, 5.74) is -0.0751. The quantitative estimate of drug-likeness (QED) is 0.237. The number of nitrogens with zero attached hydrogens (tertiary/aromatic N) is 2. The van der Waals surface area contributed by atoms with E-state index >= 15 is 0 Å². The second-order valence-electron chi connectivity index (χ2n) is 8.82. The van der Waals surface area contributed by atoms with Crippen molar-refractivity contribution in [3.63, 3.8) is 0 Å². The molecule has 3 N–H and O–H groups in total. The molecule has 10 nitrogen and oxygen atoms in total. The van der Waals surface area contributed by atoms with Gasteiger partial charge in [-0.15, -0.1) is 0 Å². The highest BCUT2D eigenvalue weighted by molar-refractivity contribution is 5.91. The molecule has 0 spiro atoms. The fraction of sp³-hybridized carbons (Fsp3) is 0.667. The van der Waals surface area contributed by atoms with Gasteiger partial charge in [0.2, 0.25) is 6.29 Å². The van der Waals surface area contributed by atoms with Gasteiger partial charge in [0.05, 0.1) is 4.92 Å². The van der Waals surface area contributed by atoms with Gasteiger partial charge in [0.15, 0.2) is 5.76 Å². The van der Waals surface area contributed by atoms with Gasteiger partial charge in [-0.25, -0.2) is 4.98 Å². The van der Waals surface area contributed by atoms with Crippen molar-refractivity contribution < 1.29 is 24.3 Å². The summed E-state index contributed by atoms with van der Waals surface area (Å²) in [5, 5.41) is 26.0. The monoisotopic (exact) mass is 476 g/mol.